The van der Waals surface area contributed by atoms with Crippen molar-refractivity contribution < 1.29 is 4.39 Å². The summed E-state index contributed by atoms with van der Waals surface area (Å²) in [4.78, 5) is 4.14. The average molecular weight is 254 g/mol. The van der Waals surface area contributed by atoms with E-state index in [0.29, 0.717) is 16.7 Å². The molecular formula is C12H13ClFN3. The molecule has 0 radical (unpaired) electrons. The lowest BCUT2D eigenvalue weighted by atomic mass is 10.3. The fraction of sp³-hybridized carbons (Fsp3) is 0.250. The van der Waals surface area contributed by atoms with Crippen LogP contribution in [0.1, 0.15) is 13.3 Å². The van der Waals surface area contributed by atoms with Crippen LogP contribution >= 0.6 is 11.6 Å². The molecule has 90 valence electrons. The summed E-state index contributed by atoms with van der Waals surface area (Å²) >= 11 is 5.82. The van der Waals surface area contributed by atoms with Gasteiger partial charge < -0.3 is 9.88 Å². The van der Waals surface area contributed by atoms with Crippen LogP contribution in [0.2, 0.25) is 5.02 Å². The normalized spacial score (nSPS) is 10.5. The van der Waals surface area contributed by atoms with Gasteiger partial charge in [0.1, 0.15) is 5.82 Å². The van der Waals surface area contributed by atoms with Crippen LogP contribution in [0.15, 0.2) is 30.6 Å². The molecule has 0 amide bonds. The van der Waals surface area contributed by atoms with E-state index in [4.69, 9.17) is 11.6 Å². The summed E-state index contributed by atoms with van der Waals surface area (Å²) in [5.74, 6) is 0.272. The Hall–Kier alpha value is -1.55. The standard InChI is InChI=1S/C12H13ClFN3/c1-2-6-17-7-5-15-12(17)16-11-8-9(13)3-4-10(11)14/h3-5,7-8H,2,6H2,1H3,(H,15,16). The van der Waals surface area contributed by atoms with Crippen LogP contribution in [0, 0.1) is 5.82 Å². The van der Waals surface area contributed by atoms with E-state index in [-0.39, 0.29) is 5.82 Å². The minimum atomic E-state index is -0.347. The summed E-state index contributed by atoms with van der Waals surface area (Å²) in [6.07, 6.45) is 4.53. The van der Waals surface area contributed by atoms with Gasteiger partial charge in [-0.1, -0.05) is 18.5 Å². The van der Waals surface area contributed by atoms with Crippen LogP contribution in [0.25, 0.3) is 0 Å². The number of rotatable bonds is 4. The topological polar surface area (TPSA) is 29.9 Å². The summed E-state index contributed by atoms with van der Waals surface area (Å²) in [6, 6.07) is 4.39. The zero-order chi connectivity index (χ0) is 12.3. The summed E-state index contributed by atoms with van der Waals surface area (Å²) in [5.41, 5.74) is 0.334. The zero-order valence-corrected chi connectivity index (χ0v) is 10.2. The van der Waals surface area contributed by atoms with Gasteiger partial charge in [-0.2, -0.15) is 0 Å². The molecule has 1 heterocycles. The molecule has 3 nitrogen and oxygen atoms in total. The number of nitrogens with zero attached hydrogens (tertiary/aromatic N) is 2. The van der Waals surface area contributed by atoms with Crippen molar-refractivity contribution in [2.24, 2.45) is 0 Å². The second-order valence-corrected chi connectivity index (χ2v) is 4.13. The highest BCUT2D eigenvalue weighted by atomic mass is 35.5. The molecule has 1 aromatic heterocycles. The number of imidazole rings is 1. The monoisotopic (exact) mass is 253 g/mol. The van der Waals surface area contributed by atoms with E-state index in [1.54, 1.807) is 12.3 Å². The lowest BCUT2D eigenvalue weighted by molar-refractivity contribution is 0.630. The minimum absolute atomic E-state index is 0.334. The third-order valence-corrected chi connectivity index (χ3v) is 2.59. The van der Waals surface area contributed by atoms with E-state index < -0.39 is 0 Å². The first-order valence-corrected chi connectivity index (χ1v) is 5.81. The van der Waals surface area contributed by atoms with Crippen molar-refractivity contribution in [2.45, 2.75) is 19.9 Å². The second kappa shape index (κ2) is 5.19. The number of halogens is 2. The zero-order valence-electron chi connectivity index (χ0n) is 9.45. The highest BCUT2D eigenvalue weighted by molar-refractivity contribution is 6.30. The molecule has 0 spiro atoms. The van der Waals surface area contributed by atoms with E-state index in [2.05, 4.69) is 17.2 Å². The minimum Gasteiger partial charge on any atom is -0.323 e. The molecule has 0 aliphatic heterocycles. The van der Waals surface area contributed by atoms with E-state index in [0.717, 1.165) is 13.0 Å². The molecule has 0 bridgehead atoms. The maximum absolute atomic E-state index is 13.5. The fourth-order valence-electron chi connectivity index (χ4n) is 1.57. The molecule has 0 aliphatic rings. The number of nitrogens with one attached hydrogen (secondary N) is 1. The molecule has 2 aromatic rings. The number of aryl methyl sites for hydroxylation is 1. The first-order valence-electron chi connectivity index (χ1n) is 5.44. The molecule has 2 rings (SSSR count). The van der Waals surface area contributed by atoms with Crippen molar-refractivity contribution in [1.82, 2.24) is 9.55 Å². The number of benzene rings is 1. The molecule has 0 unspecified atom stereocenters. The van der Waals surface area contributed by atoms with Gasteiger partial charge in [-0.3, -0.25) is 0 Å². The quantitative estimate of drug-likeness (QED) is 0.898. The van der Waals surface area contributed by atoms with Crippen LogP contribution in [-0.4, -0.2) is 9.55 Å². The fourth-order valence-corrected chi connectivity index (χ4v) is 1.74. The second-order valence-electron chi connectivity index (χ2n) is 3.69. The molecule has 0 saturated heterocycles. The van der Waals surface area contributed by atoms with Gasteiger partial charge in [-0.25, -0.2) is 9.37 Å². The van der Waals surface area contributed by atoms with Crippen LogP contribution in [0.3, 0.4) is 0 Å². The molecule has 1 N–H and O–H groups in total. The predicted octanol–water partition coefficient (Wildman–Crippen LogP) is 3.83. The Labute approximate surface area is 104 Å². The lowest BCUT2D eigenvalue weighted by Crippen LogP contribution is -2.03. The van der Waals surface area contributed by atoms with Crippen LogP contribution < -0.4 is 5.32 Å². The number of aromatic nitrogens is 2. The summed E-state index contributed by atoms with van der Waals surface area (Å²) < 4.78 is 15.5. The molecule has 17 heavy (non-hydrogen) atoms. The number of hydrogen-bond donors (Lipinski definition) is 1. The Morgan fingerprint density at radius 3 is 3.06 bits per heavy atom. The first kappa shape index (κ1) is 11.9. The van der Waals surface area contributed by atoms with Gasteiger partial charge >= 0.3 is 0 Å². The Balaban J connectivity index is 2.25. The van der Waals surface area contributed by atoms with Gasteiger partial charge in [-0.05, 0) is 24.6 Å². The van der Waals surface area contributed by atoms with Gasteiger partial charge in [0, 0.05) is 24.0 Å². The Bertz CT molecular complexity index is 510. The molecule has 1 aromatic carbocycles. The first-order chi connectivity index (χ1) is 8.20. The van der Waals surface area contributed by atoms with E-state index >= 15 is 0 Å². The molecular weight excluding hydrogens is 241 g/mol. The largest absolute Gasteiger partial charge is 0.323 e. The van der Waals surface area contributed by atoms with Gasteiger partial charge in [0.25, 0.3) is 0 Å². The van der Waals surface area contributed by atoms with Crippen LogP contribution in [0.4, 0.5) is 16.0 Å². The van der Waals surface area contributed by atoms with Crippen LogP contribution in [0.5, 0.6) is 0 Å². The van der Waals surface area contributed by atoms with Crippen molar-refractivity contribution in [3.05, 3.63) is 41.4 Å². The Morgan fingerprint density at radius 2 is 2.29 bits per heavy atom. The third-order valence-electron chi connectivity index (χ3n) is 2.35. The molecule has 0 saturated carbocycles. The average Bonchev–Trinajstić information content (AvgIpc) is 2.72. The van der Waals surface area contributed by atoms with Gasteiger partial charge in [0.05, 0.1) is 5.69 Å². The summed E-state index contributed by atoms with van der Waals surface area (Å²) in [5, 5.41) is 3.43. The summed E-state index contributed by atoms with van der Waals surface area (Å²) in [6.45, 7) is 2.91. The van der Waals surface area contributed by atoms with Gasteiger partial charge in [-0.15, -0.1) is 0 Å². The Kier molecular flexibility index (Phi) is 3.64. The number of anilines is 2. The molecule has 0 atom stereocenters. The van der Waals surface area contributed by atoms with Crippen LogP contribution in [-0.2, 0) is 6.54 Å². The van der Waals surface area contributed by atoms with E-state index in [9.17, 15) is 4.39 Å². The third kappa shape index (κ3) is 2.77. The highest BCUT2D eigenvalue weighted by Gasteiger charge is 2.07. The van der Waals surface area contributed by atoms with Gasteiger partial charge in [0.2, 0.25) is 5.95 Å². The van der Waals surface area contributed by atoms with E-state index in [1.807, 2.05) is 10.8 Å². The predicted molar refractivity (Wildman–Crippen MR) is 67.2 cm³/mol. The van der Waals surface area contributed by atoms with Crippen molar-refractivity contribution in [2.75, 3.05) is 5.32 Å². The van der Waals surface area contributed by atoms with Crippen molar-refractivity contribution >= 4 is 23.2 Å². The molecule has 0 aliphatic carbocycles. The van der Waals surface area contributed by atoms with Crippen molar-refractivity contribution in [3.8, 4) is 0 Å². The Morgan fingerprint density at radius 1 is 1.47 bits per heavy atom. The van der Waals surface area contributed by atoms with E-state index in [1.165, 1.54) is 12.1 Å². The van der Waals surface area contributed by atoms with Gasteiger partial charge in [0.15, 0.2) is 0 Å². The smallest absolute Gasteiger partial charge is 0.207 e. The molecule has 0 fully saturated rings. The van der Waals surface area contributed by atoms with Crippen molar-refractivity contribution in [1.29, 1.82) is 0 Å². The maximum atomic E-state index is 13.5. The maximum Gasteiger partial charge on any atom is 0.207 e. The molecule has 5 heteroatoms. The number of hydrogen-bond acceptors (Lipinski definition) is 2. The summed E-state index contributed by atoms with van der Waals surface area (Å²) in [7, 11) is 0. The van der Waals surface area contributed by atoms with Crippen molar-refractivity contribution in [3.63, 3.8) is 0 Å². The lowest BCUT2D eigenvalue weighted by Gasteiger charge is -2.09. The highest BCUT2D eigenvalue weighted by Crippen LogP contribution is 2.22. The SMILES string of the molecule is CCCn1ccnc1Nc1cc(Cl)ccc1F.